The first-order valence-electron chi connectivity index (χ1n) is 8.86. The molecular weight excluding hydrogens is 371 g/mol. The molecule has 0 spiro atoms. The van der Waals surface area contributed by atoms with Gasteiger partial charge in [0.15, 0.2) is 0 Å². The number of thioether (sulfide) groups is 1. The van der Waals surface area contributed by atoms with E-state index in [2.05, 4.69) is 35.2 Å². The summed E-state index contributed by atoms with van der Waals surface area (Å²) in [4.78, 5) is 3.35. The highest BCUT2D eigenvalue weighted by molar-refractivity contribution is 8.04. The highest BCUT2D eigenvalue weighted by Crippen LogP contribution is 2.53. The smallest absolute Gasteiger partial charge is 0.109 e. The van der Waals surface area contributed by atoms with Crippen molar-refractivity contribution in [1.82, 2.24) is 4.90 Å². The molecule has 2 aliphatic heterocycles. The Labute approximate surface area is 163 Å². The Kier molecular flexibility index (Phi) is 5.19. The van der Waals surface area contributed by atoms with Gasteiger partial charge in [0.2, 0.25) is 0 Å². The molecule has 0 amide bonds. The minimum Gasteiger partial charge on any atom is -0.327 e. The van der Waals surface area contributed by atoms with Crippen molar-refractivity contribution in [2.24, 2.45) is 11.7 Å². The summed E-state index contributed by atoms with van der Waals surface area (Å²) in [6.45, 7) is 0.725. The Balaban J connectivity index is 1.64. The number of allylic oxidation sites excluding steroid dienone is 2. The molecule has 1 saturated carbocycles. The van der Waals surface area contributed by atoms with Gasteiger partial charge < -0.3 is 10.6 Å². The van der Waals surface area contributed by atoms with Gasteiger partial charge in [0.1, 0.15) is 5.16 Å². The molecule has 25 heavy (non-hydrogen) atoms. The van der Waals surface area contributed by atoms with E-state index in [9.17, 15) is 0 Å². The molecule has 3 aliphatic rings. The van der Waals surface area contributed by atoms with Gasteiger partial charge in [-0.25, -0.2) is 0 Å². The van der Waals surface area contributed by atoms with Crippen LogP contribution in [0, 0.1) is 5.92 Å². The second kappa shape index (κ2) is 7.40. The average molecular weight is 393 g/mol. The van der Waals surface area contributed by atoms with Crippen molar-refractivity contribution in [2.45, 2.75) is 43.5 Å². The maximum atomic E-state index is 6.91. The zero-order chi connectivity index (χ0) is 17.4. The van der Waals surface area contributed by atoms with Gasteiger partial charge in [-0.15, -0.1) is 11.8 Å². The van der Waals surface area contributed by atoms with E-state index in [4.69, 9.17) is 28.9 Å². The molecular formula is C20H22Cl2N2S. The topological polar surface area (TPSA) is 29.3 Å². The van der Waals surface area contributed by atoms with E-state index in [1.165, 1.54) is 23.3 Å². The summed E-state index contributed by atoms with van der Waals surface area (Å²) in [5.74, 6) is 0.447. The van der Waals surface area contributed by atoms with Gasteiger partial charge in [0.05, 0.1) is 16.0 Å². The van der Waals surface area contributed by atoms with Crippen LogP contribution in [-0.2, 0) is 6.54 Å². The maximum Gasteiger partial charge on any atom is 0.109 e. The van der Waals surface area contributed by atoms with Crippen molar-refractivity contribution < 1.29 is 0 Å². The molecule has 132 valence electrons. The Morgan fingerprint density at radius 3 is 2.60 bits per heavy atom. The lowest BCUT2D eigenvalue weighted by Gasteiger charge is -2.32. The molecule has 0 saturated heterocycles. The number of nitrogens with zero attached hydrogens (tertiary/aromatic N) is 1. The van der Waals surface area contributed by atoms with E-state index in [1.54, 1.807) is 0 Å². The van der Waals surface area contributed by atoms with E-state index >= 15 is 0 Å². The number of hydrogen-bond donors (Lipinski definition) is 1. The van der Waals surface area contributed by atoms with Gasteiger partial charge in [-0.1, -0.05) is 66.4 Å². The number of fused-ring (bicyclic) bond motifs is 1. The number of benzene rings is 1. The van der Waals surface area contributed by atoms with Gasteiger partial charge in [0.25, 0.3) is 0 Å². The molecule has 0 aromatic heterocycles. The third-order valence-corrected chi connectivity index (χ3v) is 7.61. The number of hydrogen-bond acceptors (Lipinski definition) is 3. The van der Waals surface area contributed by atoms with Crippen LogP contribution in [0.4, 0.5) is 0 Å². The van der Waals surface area contributed by atoms with Crippen molar-refractivity contribution >= 4 is 35.0 Å². The Morgan fingerprint density at radius 2 is 1.84 bits per heavy atom. The predicted molar refractivity (Wildman–Crippen MR) is 108 cm³/mol. The van der Waals surface area contributed by atoms with Crippen LogP contribution in [0.5, 0.6) is 0 Å². The standard InChI is InChI=1S/C20H22Cl2N2S/c21-17-11-10-16-19(24(17)12-13-6-2-1-3-7-13)18(22)20(25-16)14-8-4-5-9-15(14)23/h1-3,6-7,10-11,14-15,20H,4-5,8-9,12,23H2/t14-,15-,20?/m0/s1. The van der Waals surface area contributed by atoms with Crippen LogP contribution >= 0.6 is 35.0 Å². The number of nitrogens with two attached hydrogens (primary N) is 1. The third-order valence-electron chi connectivity index (χ3n) is 5.31. The highest BCUT2D eigenvalue weighted by atomic mass is 35.5. The lowest BCUT2D eigenvalue weighted by molar-refractivity contribution is 0.314. The van der Waals surface area contributed by atoms with Crippen molar-refractivity contribution in [2.75, 3.05) is 0 Å². The molecule has 2 nitrogen and oxygen atoms in total. The molecule has 2 N–H and O–H groups in total. The molecule has 4 rings (SSSR count). The zero-order valence-corrected chi connectivity index (χ0v) is 16.3. The first-order chi connectivity index (χ1) is 12.1. The molecule has 3 atom stereocenters. The van der Waals surface area contributed by atoms with Gasteiger partial charge in [-0.05, 0) is 36.5 Å². The summed E-state index contributed by atoms with van der Waals surface area (Å²) < 4.78 is 0. The number of halogens is 2. The van der Waals surface area contributed by atoms with Crippen LogP contribution in [0.2, 0.25) is 0 Å². The summed E-state index contributed by atoms with van der Waals surface area (Å²) in [7, 11) is 0. The Morgan fingerprint density at radius 1 is 1.08 bits per heavy atom. The summed E-state index contributed by atoms with van der Waals surface area (Å²) in [6, 6.07) is 10.6. The van der Waals surface area contributed by atoms with Crippen LogP contribution in [0.25, 0.3) is 0 Å². The Hall–Kier alpha value is -0.870. The molecule has 5 heteroatoms. The predicted octanol–water partition coefficient (Wildman–Crippen LogP) is 5.55. The summed E-state index contributed by atoms with van der Waals surface area (Å²) in [6.07, 6.45) is 8.83. The van der Waals surface area contributed by atoms with Crippen LogP contribution in [0.1, 0.15) is 31.2 Å². The van der Waals surface area contributed by atoms with Gasteiger partial charge in [-0.3, -0.25) is 0 Å². The first-order valence-corrected chi connectivity index (χ1v) is 10.5. The second-order valence-electron chi connectivity index (χ2n) is 6.94. The molecule has 2 heterocycles. The molecule has 1 fully saturated rings. The van der Waals surface area contributed by atoms with Gasteiger partial charge in [0, 0.05) is 17.5 Å². The quantitative estimate of drug-likeness (QED) is 0.683. The summed E-state index contributed by atoms with van der Waals surface area (Å²) >= 11 is 15.3. The second-order valence-corrected chi connectivity index (χ2v) is 8.92. The fraction of sp³-hybridized carbons (Fsp3) is 0.400. The van der Waals surface area contributed by atoms with E-state index in [0.717, 1.165) is 35.3 Å². The third kappa shape index (κ3) is 3.40. The van der Waals surface area contributed by atoms with Crippen LogP contribution in [0.15, 0.2) is 63.3 Å². The SMILES string of the molecule is N[C@H]1CCCC[C@@H]1C1SC2=CC=C(Cl)N(Cc3ccccc3)C2=C1Cl. The first kappa shape index (κ1) is 17.5. The summed E-state index contributed by atoms with van der Waals surface area (Å²) in [5, 5.41) is 1.89. The van der Waals surface area contributed by atoms with E-state index < -0.39 is 0 Å². The summed E-state index contributed by atoms with van der Waals surface area (Å²) in [5.41, 5.74) is 8.72. The molecule has 0 radical (unpaired) electrons. The monoisotopic (exact) mass is 392 g/mol. The van der Waals surface area contributed by atoms with E-state index in [0.29, 0.717) is 5.92 Å². The highest BCUT2D eigenvalue weighted by Gasteiger charge is 2.41. The molecule has 1 aromatic carbocycles. The largest absolute Gasteiger partial charge is 0.327 e. The van der Waals surface area contributed by atoms with Crippen molar-refractivity contribution in [3.8, 4) is 0 Å². The van der Waals surface area contributed by atoms with Crippen molar-refractivity contribution in [3.63, 3.8) is 0 Å². The van der Waals surface area contributed by atoms with Gasteiger partial charge in [-0.2, -0.15) is 0 Å². The maximum absolute atomic E-state index is 6.91. The average Bonchev–Trinajstić information content (AvgIpc) is 2.96. The minimum atomic E-state index is 0.243. The van der Waals surface area contributed by atoms with E-state index in [1.807, 2.05) is 23.9 Å². The van der Waals surface area contributed by atoms with E-state index in [-0.39, 0.29) is 11.3 Å². The fourth-order valence-electron chi connectivity index (χ4n) is 3.98. The minimum absolute atomic E-state index is 0.243. The van der Waals surface area contributed by atoms with Gasteiger partial charge >= 0.3 is 0 Å². The zero-order valence-electron chi connectivity index (χ0n) is 14.0. The lowest BCUT2D eigenvalue weighted by Crippen LogP contribution is -2.38. The fourth-order valence-corrected chi connectivity index (χ4v) is 6.22. The Bertz CT molecular complexity index is 741. The van der Waals surface area contributed by atoms with Crippen LogP contribution < -0.4 is 5.73 Å². The molecule has 1 aliphatic carbocycles. The normalized spacial score (nSPS) is 29.4. The number of rotatable bonds is 3. The van der Waals surface area contributed by atoms with Crippen molar-refractivity contribution in [3.05, 3.63) is 68.8 Å². The molecule has 0 bridgehead atoms. The lowest BCUT2D eigenvalue weighted by atomic mass is 9.82. The van der Waals surface area contributed by atoms with Crippen molar-refractivity contribution in [1.29, 1.82) is 0 Å². The van der Waals surface area contributed by atoms with Crippen LogP contribution in [0.3, 0.4) is 0 Å². The van der Waals surface area contributed by atoms with Crippen LogP contribution in [-0.4, -0.2) is 16.2 Å². The molecule has 1 unspecified atom stereocenters. The molecule has 1 aromatic rings.